The molecule has 0 radical (unpaired) electrons. The van der Waals surface area contributed by atoms with Gasteiger partial charge in [-0.2, -0.15) is 0 Å². The SMILES string of the molecule is C=CCOC(=N)N(C(=O)NC)C1CC1. The molecule has 5 nitrogen and oxygen atoms in total. The summed E-state index contributed by atoms with van der Waals surface area (Å²) in [6.07, 6.45) is 3.42. The topological polar surface area (TPSA) is 65.4 Å². The van der Waals surface area contributed by atoms with Crippen LogP contribution in [0.25, 0.3) is 0 Å². The maximum atomic E-state index is 11.4. The second-order valence-corrected chi connectivity index (χ2v) is 3.06. The van der Waals surface area contributed by atoms with Gasteiger partial charge in [0, 0.05) is 13.1 Å². The van der Waals surface area contributed by atoms with Crippen molar-refractivity contribution in [2.45, 2.75) is 18.9 Å². The van der Waals surface area contributed by atoms with Gasteiger partial charge in [-0.25, -0.2) is 9.69 Å². The van der Waals surface area contributed by atoms with Gasteiger partial charge >= 0.3 is 6.03 Å². The van der Waals surface area contributed by atoms with Crippen molar-refractivity contribution in [2.24, 2.45) is 0 Å². The largest absolute Gasteiger partial charge is 0.461 e. The predicted octanol–water partition coefficient (Wildman–Crippen LogP) is 0.928. The minimum atomic E-state index is -0.290. The third kappa shape index (κ3) is 2.48. The molecule has 0 bridgehead atoms. The van der Waals surface area contributed by atoms with Crippen molar-refractivity contribution in [3.8, 4) is 0 Å². The summed E-state index contributed by atoms with van der Waals surface area (Å²) < 4.78 is 5.01. The number of amides is 2. The normalized spacial score (nSPS) is 14.4. The molecule has 1 saturated carbocycles. The van der Waals surface area contributed by atoms with Crippen molar-refractivity contribution in [1.29, 1.82) is 5.41 Å². The van der Waals surface area contributed by atoms with E-state index in [-0.39, 0.29) is 24.7 Å². The Morgan fingerprint density at radius 1 is 1.79 bits per heavy atom. The van der Waals surface area contributed by atoms with E-state index >= 15 is 0 Å². The Hall–Kier alpha value is -1.52. The third-order valence-electron chi connectivity index (χ3n) is 1.90. The molecule has 0 aromatic carbocycles. The predicted molar refractivity (Wildman–Crippen MR) is 53.2 cm³/mol. The van der Waals surface area contributed by atoms with Gasteiger partial charge in [0.05, 0.1) is 0 Å². The van der Waals surface area contributed by atoms with Crippen LogP contribution in [0.1, 0.15) is 12.8 Å². The zero-order valence-electron chi connectivity index (χ0n) is 8.25. The lowest BCUT2D eigenvalue weighted by atomic mass is 10.5. The first-order valence-electron chi connectivity index (χ1n) is 4.54. The van der Waals surface area contributed by atoms with E-state index in [1.54, 1.807) is 13.1 Å². The number of nitrogens with one attached hydrogen (secondary N) is 2. The van der Waals surface area contributed by atoms with E-state index in [1.807, 2.05) is 0 Å². The van der Waals surface area contributed by atoms with E-state index in [9.17, 15) is 4.79 Å². The van der Waals surface area contributed by atoms with Gasteiger partial charge in [0.15, 0.2) is 0 Å². The number of rotatable bonds is 3. The Bertz CT molecular complexity index is 248. The molecular weight excluding hydrogens is 182 g/mol. The minimum absolute atomic E-state index is 0.105. The lowest BCUT2D eigenvalue weighted by molar-refractivity contribution is 0.202. The first-order valence-corrected chi connectivity index (χ1v) is 4.54. The van der Waals surface area contributed by atoms with Crippen LogP contribution < -0.4 is 5.32 Å². The monoisotopic (exact) mass is 197 g/mol. The average molecular weight is 197 g/mol. The average Bonchev–Trinajstić information content (AvgIpc) is 2.98. The lowest BCUT2D eigenvalue weighted by Crippen LogP contribution is -2.44. The zero-order chi connectivity index (χ0) is 10.6. The van der Waals surface area contributed by atoms with Gasteiger partial charge < -0.3 is 10.1 Å². The number of urea groups is 1. The van der Waals surface area contributed by atoms with Crippen LogP contribution >= 0.6 is 0 Å². The van der Waals surface area contributed by atoms with Crippen LogP contribution in [-0.4, -0.2) is 36.6 Å². The molecule has 5 heteroatoms. The maximum Gasteiger partial charge on any atom is 0.325 e. The number of carbonyl (C=O) groups excluding carboxylic acids is 1. The smallest absolute Gasteiger partial charge is 0.325 e. The fraction of sp³-hybridized carbons (Fsp3) is 0.556. The van der Waals surface area contributed by atoms with Crippen LogP contribution in [0, 0.1) is 5.41 Å². The van der Waals surface area contributed by atoms with Crippen LogP contribution in [0.2, 0.25) is 0 Å². The van der Waals surface area contributed by atoms with Crippen molar-refractivity contribution >= 4 is 12.1 Å². The summed E-state index contributed by atoms with van der Waals surface area (Å²) in [7, 11) is 1.54. The van der Waals surface area contributed by atoms with Gasteiger partial charge in [-0.1, -0.05) is 12.7 Å². The number of hydrogen-bond acceptors (Lipinski definition) is 3. The van der Waals surface area contributed by atoms with Gasteiger partial charge in [0.2, 0.25) is 0 Å². The Morgan fingerprint density at radius 3 is 2.86 bits per heavy atom. The molecule has 0 saturated heterocycles. The third-order valence-corrected chi connectivity index (χ3v) is 1.90. The van der Waals surface area contributed by atoms with Crippen molar-refractivity contribution in [2.75, 3.05) is 13.7 Å². The first kappa shape index (κ1) is 10.6. The van der Waals surface area contributed by atoms with Crippen LogP contribution in [0.4, 0.5) is 4.79 Å². The molecule has 0 heterocycles. The van der Waals surface area contributed by atoms with E-state index in [4.69, 9.17) is 10.1 Å². The highest BCUT2D eigenvalue weighted by molar-refractivity contribution is 5.92. The lowest BCUT2D eigenvalue weighted by Gasteiger charge is -2.21. The van der Waals surface area contributed by atoms with Crippen molar-refractivity contribution in [3.63, 3.8) is 0 Å². The highest BCUT2D eigenvalue weighted by Gasteiger charge is 2.35. The summed E-state index contributed by atoms with van der Waals surface area (Å²) >= 11 is 0. The van der Waals surface area contributed by atoms with Gasteiger partial charge in [0.25, 0.3) is 6.02 Å². The minimum Gasteiger partial charge on any atom is -0.461 e. The number of carbonyl (C=O) groups is 1. The molecule has 1 aliphatic rings. The summed E-state index contributed by atoms with van der Waals surface area (Å²) in [4.78, 5) is 12.7. The molecule has 78 valence electrons. The Labute approximate surface area is 83.2 Å². The Kier molecular flexibility index (Phi) is 3.50. The number of amidine groups is 1. The highest BCUT2D eigenvalue weighted by Crippen LogP contribution is 2.27. The summed E-state index contributed by atoms with van der Waals surface area (Å²) in [6, 6.07) is -0.263. The van der Waals surface area contributed by atoms with Crippen molar-refractivity contribution in [1.82, 2.24) is 10.2 Å². The molecule has 14 heavy (non-hydrogen) atoms. The van der Waals surface area contributed by atoms with Crippen LogP contribution in [0.5, 0.6) is 0 Å². The second-order valence-electron chi connectivity index (χ2n) is 3.06. The Balaban J connectivity index is 2.52. The van der Waals surface area contributed by atoms with E-state index in [1.165, 1.54) is 4.90 Å². The number of hydrogen-bond donors (Lipinski definition) is 2. The van der Waals surface area contributed by atoms with Gasteiger partial charge in [-0.15, -0.1) is 0 Å². The molecular formula is C9H15N3O2. The van der Waals surface area contributed by atoms with Crippen molar-refractivity contribution < 1.29 is 9.53 Å². The standard InChI is InChI=1S/C9H15N3O2/c1-3-6-14-8(10)12(7-4-5-7)9(13)11-2/h3,7,10H,1,4-6H2,2H3,(H,11,13). The summed E-state index contributed by atoms with van der Waals surface area (Å²) in [5, 5.41) is 10.0. The van der Waals surface area contributed by atoms with E-state index in [0.717, 1.165) is 12.8 Å². The van der Waals surface area contributed by atoms with Crippen LogP contribution in [0.3, 0.4) is 0 Å². The van der Waals surface area contributed by atoms with Crippen molar-refractivity contribution in [3.05, 3.63) is 12.7 Å². The van der Waals surface area contributed by atoms with Crippen LogP contribution in [0.15, 0.2) is 12.7 Å². The molecule has 0 unspecified atom stereocenters. The Morgan fingerprint density at radius 2 is 2.43 bits per heavy atom. The van der Waals surface area contributed by atoms with Gasteiger partial charge in [-0.3, -0.25) is 5.41 Å². The quantitative estimate of drug-likeness (QED) is 0.401. The summed E-state index contributed by atoms with van der Waals surface area (Å²) in [5.41, 5.74) is 0. The molecule has 0 atom stereocenters. The second kappa shape index (κ2) is 4.64. The van der Waals surface area contributed by atoms with Gasteiger partial charge in [0.1, 0.15) is 6.61 Å². The fourth-order valence-electron chi connectivity index (χ4n) is 1.08. The molecule has 0 spiro atoms. The van der Waals surface area contributed by atoms with Gasteiger partial charge in [-0.05, 0) is 12.8 Å². The molecule has 2 N–H and O–H groups in total. The number of nitrogens with zero attached hydrogens (tertiary/aromatic N) is 1. The van der Waals surface area contributed by atoms with E-state index in [2.05, 4.69) is 11.9 Å². The molecule has 1 fully saturated rings. The number of ether oxygens (including phenoxy) is 1. The zero-order valence-corrected chi connectivity index (χ0v) is 8.25. The first-order chi connectivity index (χ1) is 6.70. The molecule has 0 aliphatic heterocycles. The molecule has 0 aromatic rings. The van der Waals surface area contributed by atoms with E-state index < -0.39 is 0 Å². The van der Waals surface area contributed by atoms with E-state index in [0.29, 0.717) is 0 Å². The fourth-order valence-corrected chi connectivity index (χ4v) is 1.08. The van der Waals surface area contributed by atoms with Crippen LogP contribution in [-0.2, 0) is 4.74 Å². The molecule has 2 amide bonds. The summed E-state index contributed by atoms with van der Waals surface area (Å²) in [6.45, 7) is 3.73. The molecule has 1 rings (SSSR count). The highest BCUT2D eigenvalue weighted by atomic mass is 16.5. The maximum absolute atomic E-state index is 11.4. The molecule has 1 aliphatic carbocycles. The molecule has 0 aromatic heterocycles. The summed E-state index contributed by atoms with van der Waals surface area (Å²) in [5.74, 6) is 0.